The number of aromatic nitrogens is 1. The van der Waals surface area contributed by atoms with Crippen molar-refractivity contribution < 1.29 is 19.2 Å². The van der Waals surface area contributed by atoms with Crippen LogP contribution in [0.1, 0.15) is 34.0 Å². The molecule has 3 aliphatic heterocycles. The molecule has 4 aromatic rings. The molecule has 7 rings (SSSR count). The van der Waals surface area contributed by atoms with Crippen LogP contribution in [0.25, 0.3) is 10.9 Å². The van der Waals surface area contributed by atoms with Gasteiger partial charge in [-0.3, -0.25) is 24.5 Å². The van der Waals surface area contributed by atoms with E-state index in [1.807, 2.05) is 55.6 Å². The Kier molecular flexibility index (Phi) is 4.96. The second kappa shape index (κ2) is 8.22. The molecule has 3 aromatic carbocycles. The number of ketones is 1. The molecule has 2 fully saturated rings. The lowest BCUT2D eigenvalue weighted by Gasteiger charge is -2.29. The Bertz CT molecular complexity index is 1720. The van der Waals surface area contributed by atoms with Gasteiger partial charge in [-0.1, -0.05) is 36.4 Å². The van der Waals surface area contributed by atoms with Crippen LogP contribution in [0.2, 0.25) is 0 Å². The molecular weight excluding hydrogens is 492 g/mol. The zero-order valence-electron chi connectivity index (χ0n) is 21.4. The zero-order valence-corrected chi connectivity index (χ0v) is 21.4. The maximum atomic E-state index is 14.2. The second-order valence-electron chi connectivity index (χ2n) is 10.7. The molecule has 3 aliphatic rings. The largest absolute Gasteiger partial charge is 0.361 e. The van der Waals surface area contributed by atoms with Gasteiger partial charge in [0.05, 0.1) is 17.5 Å². The molecule has 4 unspecified atom stereocenters. The van der Waals surface area contributed by atoms with Crippen molar-refractivity contribution in [2.24, 2.45) is 11.8 Å². The van der Waals surface area contributed by atoms with Crippen molar-refractivity contribution in [3.8, 4) is 0 Å². The molecule has 194 valence electrons. The van der Waals surface area contributed by atoms with Gasteiger partial charge in [-0.25, -0.2) is 4.90 Å². The molecule has 4 atom stereocenters. The van der Waals surface area contributed by atoms with Crippen LogP contribution in [-0.4, -0.2) is 34.5 Å². The van der Waals surface area contributed by atoms with Crippen LogP contribution in [0.3, 0.4) is 0 Å². The number of carbonyl (C=O) groups excluding carboxylic acids is 4. The summed E-state index contributed by atoms with van der Waals surface area (Å²) in [7, 11) is 0. The number of carbonyl (C=O) groups is 4. The zero-order chi connectivity index (χ0) is 27.1. The van der Waals surface area contributed by atoms with E-state index < -0.39 is 29.3 Å². The summed E-state index contributed by atoms with van der Waals surface area (Å²) in [5.41, 5.74) is 3.78. The van der Waals surface area contributed by atoms with E-state index in [1.54, 1.807) is 24.3 Å². The summed E-state index contributed by atoms with van der Waals surface area (Å²) in [5.74, 6) is -2.86. The van der Waals surface area contributed by atoms with E-state index in [0.29, 0.717) is 28.9 Å². The second-order valence-corrected chi connectivity index (χ2v) is 10.7. The number of amides is 3. The van der Waals surface area contributed by atoms with E-state index in [4.69, 9.17) is 0 Å². The number of nitrogens with zero attached hydrogens (tertiary/aromatic N) is 1. The summed E-state index contributed by atoms with van der Waals surface area (Å²) >= 11 is 0. The van der Waals surface area contributed by atoms with Gasteiger partial charge in [0, 0.05) is 40.0 Å². The van der Waals surface area contributed by atoms with E-state index >= 15 is 0 Å². The average Bonchev–Trinajstić information content (AvgIpc) is 3.64. The SMILES string of the molecule is CC(=O)c1ccc(N2C(=O)C3C(Cc4c[nH]c5ccccc45)NC4(C(=O)Nc5c(C)cccc54)C3C2=O)cc1. The number of H-pyrrole nitrogens is 1. The Morgan fingerprint density at radius 2 is 1.72 bits per heavy atom. The third-order valence-electron chi connectivity index (χ3n) is 8.61. The Hall–Kier alpha value is -4.56. The van der Waals surface area contributed by atoms with Gasteiger partial charge in [-0.15, -0.1) is 0 Å². The van der Waals surface area contributed by atoms with Gasteiger partial charge in [-0.2, -0.15) is 0 Å². The highest BCUT2D eigenvalue weighted by Gasteiger charge is 2.70. The minimum Gasteiger partial charge on any atom is -0.361 e. The monoisotopic (exact) mass is 518 g/mol. The maximum Gasteiger partial charge on any atom is 0.250 e. The van der Waals surface area contributed by atoms with Crippen LogP contribution >= 0.6 is 0 Å². The lowest BCUT2D eigenvalue weighted by Crippen LogP contribution is -2.53. The number of aryl methyl sites for hydroxylation is 1. The van der Waals surface area contributed by atoms with Crippen molar-refractivity contribution in [2.75, 3.05) is 10.2 Å². The first kappa shape index (κ1) is 23.5. The summed E-state index contributed by atoms with van der Waals surface area (Å²) in [6.45, 7) is 3.38. The number of imide groups is 1. The van der Waals surface area contributed by atoms with Crippen molar-refractivity contribution in [2.45, 2.75) is 31.8 Å². The summed E-state index contributed by atoms with van der Waals surface area (Å²) in [6.07, 6.45) is 2.39. The Balaban J connectivity index is 1.37. The minimum absolute atomic E-state index is 0.103. The fourth-order valence-electron chi connectivity index (χ4n) is 6.79. The van der Waals surface area contributed by atoms with Gasteiger partial charge < -0.3 is 10.3 Å². The van der Waals surface area contributed by atoms with Crippen molar-refractivity contribution in [3.63, 3.8) is 0 Å². The molecule has 3 amide bonds. The van der Waals surface area contributed by atoms with Crippen LogP contribution in [-0.2, 0) is 26.3 Å². The van der Waals surface area contributed by atoms with Crippen LogP contribution in [0.15, 0.2) is 72.9 Å². The minimum atomic E-state index is -1.37. The summed E-state index contributed by atoms with van der Waals surface area (Å²) in [4.78, 5) is 58.4. The normalized spacial score (nSPS) is 25.4. The Labute approximate surface area is 224 Å². The van der Waals surface area contributed by atoms with E-state index in [0.717, 1.165) is 22.0 Å². The summed E-state index contributed by atoms with van der Waals surface area (Å²) in [6, 6.07) is 19.6. The number of hydrogen-bond donors (Lipinski definition) is 3. The average molecular weight is 519 g/mol. The van der Waals surface area contributed by atoms with Gasteiger partial charge in [-0.05, 0) is 61.7 Å². The molecule has 8 nitrogen and oxygen atoms in total. The van der Waals surface area contributed by atoms with E-state index in [-0.39, 0.29) is 17.6 Å². The fraction of sp³-hybridized carbons (Fsp3) is 0.226. The highest BCUT2D eigenvalue weighted by Crippen LogP contribution is 2.54. The lowest BCUT2D eigenvalue weighted by atomic mass is 9.76. The number of para-hydroxylation sites is 2. The topological polar surface area (TPSA) is 111 Å². The Morgan fingerprint density at radius 1 is 0.949 bits per heavy atom. The first-order valence-electron chi connectivity index (χ1n) is 13.0. The van der Waals surface area contributed by atoms with Crippen LogP contribution in [0.5, 0.6) is 0 Å². The summed E-state index contributed by atoms with van der Waals surface area (Å²) < 4.78 is 0. The summed E-state index contributed by atoms with van der Waals surface area (Å²) in [5, 5.41) is 7.56. The van der Waals surface area contributed by atoms with Gasteiger partial charge in [0.2, 0.25) is 17.7 Å². The highest BCUT2D eigenvalue weighted by atomic mass is 16.2. The van der Waals surface area contributed by atoms with Crippen LogP contribution in [0, 0.1) is 18.8 Å². The fourth-order valence-corrected chi connectivity index (χ4v) is 6.79. The molecule has 39 heavy (non-hydrogen) atoms. The van der Waals surface area contributed by atoms with Gasteiger partial charge in [0.25, 0.3) is 0 Å². The first-order chi connectivity index (χ1) is 18.8. The van der Waals surface area contributed by atoms with Crippen molar-refractivity contribution in [3.05, 3.63) is 95.2 Å². The molecule has 1 aromatic heterocycles. The number of hydrogen-bond acceptors (Lipinski definition) is 5. The van der Waals surface area contributed by atoms with Crippen LogP contribution in [0.4, 0.5) is 11.4 Å². The quantitative estimate of drug-likeness (QED) is 0.281. The first-order valence-corrected chi connectivity index (χ1v) is 13.0. The number of aromatic amines is 1. The Morgan fingerprint density at radius 3 is 2.49 bits per heavy atom. The number of Topliss-reactive ketones (excluding diaryl/α,β-unsaturated/α-hetero) is 1. The standard InChI is InChI=1S/C31H26N4O4/c1-16-6-5-8-22-27(16)33-30(39)31(22)26-25(24(34-31)14-19-15-32-23-9-4-3-7-21(19)23)28(37)35(29(26)38)20-12-10-18(11-13-20)17(2)36/h3-13,15,24-26,32,34H,14H2,1-2H3,(H,33,39). The molecule has 2 saturated heterocycles. The number of rotatable bonds is 4. The smallest absolute Gasteiger partial charge is 0.250 e. The molecular formula is C31H26N4O4. The van der Waals surface area contributed by atoms with Crippen molar-refractivity contribution in [1.29, 1.82) is 0 Å². The molecule has 4 heterocycles. The molecule has 0 radical (unpaired) electrons. The maximum absolute atomic E-state index is 14.2. The third kappa shape index (κ3) is 3.15. The molecule has 8 heteroatoms. The molecule has 3 N–H and O–H groups in total. The highest BCUT2D eigenvalue weighted by molar-refractivity contribution is 6.26. The van der Waals surface area contributed by atoms with E-state index in [1.165, 1.54) is 11.8 Å². The van der Waals surface area contributed by atoms with Gasteiger partial charge in [0.1, 0.15) is 5.54 Å². The molecule has 0 saturated carbocycles. The molecule has 0 aliphatic carbocycles. The van der Waals surface area contributed by atoms with E-state index in [9.17, 15) is 19.2 Å². The van der Waals surface area contributed by atoms with E-state index in [2.05, 4.69) is 15.6 Å². The number of anilines is 2. The predicted molar refractivity (Wildman–Crippen MR) is 146 cm³/mol. The van der Waals surface area contributed by atoms with Crippen LogP contribution < -0.4 is 15.5 Å². The van der Waals surface area contributed by atoms with Gasteiger partial charge in [0.15, 0.2) is 5.78 Å². The number of fused-ring (bicyclic) bond motifs is 5. The van der Waals surface area contributed by atoms with Crippen molar-refractivity contribution in [1.82, 2.24) is 10.3 Å². The predicted octanol–water partition coefficient (Wildman–Crippen LogP) is 3.85. The number of nitrogens with one attached hydrogen (secondary N) is 3. The third-order valence-corrected chi connectivity index (χ3v) is 8.61. The van der Waals surface area contributed by atoms with Crippen molar-refractivity contribution >= 4 is 45.8 Å². The van der Waals surface area contributed by atoms with Gasteiger partial charge >= 0.3 is 0 Å². The molecule has 1 spiro atoms. The molecule has 0 bridgehead atoms. The lowest BCUT2D eigenvalue weighted by molar-refractivity contribution is -0.130. The number of benzene rings is 3.